The fraction of sp³-hybridized carbons (Fsp3) is 0.0769. The Morgan fingerprint density at radius 2 is 1.75 bits per heavy atom. The largest absolute Gasteiger partial charge is 1.00 e. The van der Waals surface area contributed by atoms with E-state index in [0.29, 0.717) is 0 Å². The normalized spacial score (nSPS) is 10.7. The summed E-state index contributed by atoms with van der Waals surface area (Å²) in [4.78, 5) is -0.343. The van der Waals surface area contributed by atoms with Gasteiger partial charge in [-0.1, -0.05) is 18.2 Å². The SMILES string of the molecule is O=S(=O)([O-])c1cccc(OCc2ccc(F)cc2)c1.[Na+]. The molecule has 0 amide bonds. The van der Waals surface area contributed by atoms with E-state index in [9.17, 15) is 17.4 Å². The molecule has 0 spiro atoms. The molecule has 100 valence electrons. The minimum atomic E-state index is -4.49. The average molecular weight is 304 g/mol. The first-order chi connectivity index (χ1) is 8.95. The fourth-order valence-electron chi connectivity index (χ4n) is 1.47. The van der Waals surface area contributed by atoms with Crippen molar-refractivity contribution in [3.05, 3.63) is 59.9 Å². The van der Waals surface area contributed by atoms with Crippen molar-refractivity contribution in [1.29, 1.82) is 0 Å². The summed E-state index contributed by atoms with van der Waals surface area (Å²) in [5.41, 5.74) is 0.733. The Kier molecular flexibility index (Phi) is 6.16. The zero-order valence-electron chi connectivity index (χ0n) is 10.7. The Balaban J connectivity index is 0.00000200. The molecule has 0 saturated carbocycles. The molecule has 0 aliphatic carbocycles. The topological polar surface area (TPSA) is 66.4 Å². The van der Waals surface area contributed by atoms with Crippen LogP contribution in [0.15, 0.2) is 53.4 Å². The third-order valence-electron chi connectivity index (χ3n) is 2.41. The monoisotopic (exact) mass is 304 g/mol. The second-order valence-corrected chi connectivity index (χ2v) is 5.22. The van der Waals surface area contributed by atoms with Gasteiger partial charge in [0, 0.05) is 0 Å². The van der Waals surface area contributed by atoms with Crippen molar-refractivity contribution in [3.8, 4) is 5.75 Å². The fourth-order valence-corrected chi connectivity index (χ4v) is 1.97. The van der Waals surface area contributed by atoms with Crippen LogP contribution in [0.1, 0.15) is 5.56 Å². The summed E-state index contributed by atoms with van der Waals surface area (Å²) in [5, 5.41) is 0. The zero-order chi connectivity index (χ0) is 13.9. The van der Waals surface area contributed by atoms with Crippen molar-refractivity contribution < 1.29 is 51.7 Å². The van der Waals surface area contributed by atoms with E-state index in [1.807, 2.05) is 0 Å². The Morgan fingerprint density at radius 3 is 2.35 bits per heavy atom. The molecule has 0 aliphatic heterocycles. The number of hydrogen-bond donors (Lipinski definition) is 0. The van der Waals surface area contributed by atoms with Gasteiger partial charge in [-0.3, -0.25) is 0 Å². The first-order valence-electron chi connectivity index (χ1n) is 5.38. The summed E-state index contributed by atoms with van der Waals surface area (Å²) >= 11 is 0. The summed E-state index contributed by atoms with van der Waals surface area (Å²) in [6, 6.07) is 11.0. The molecule has 0 saturated heterocycles. The Hall–Kier alpha value is -0.920. The van der Waals surface area contributed by atoms with Crippen LogP contribution in [-0.4, -0.2) is 13.0 Å². The van der Waals surface area contributed by atoms with Gasteiger partial charge in [0.25, 0.3) is 0 Å². The molecule has 20 heavy (non-hydrogen) atoms. The smallest absolute Gasteiger partial charge is 0.744 e. The maximum absolute atomic E-state index is 12.7. The van der Waals surface area contributed by atoms with E-state index in [1.165, 1.54) is 30.3 Å². The van der Waals surface area contributed by atoms with Crippen molar-refractivity contribution in [1.82, 2.24) is 0 Å². The van der Waals surface area contributed by atoms with Gasteiger partial charge in [0.1, 0.15) is 28.3 Å². The molecule has 2 rings (SSSR count). The quantitative estimate of drug-likeness (QED) is 0.554. The minimum absolute atomic E-state index is 0. The van der Waals surface area contributed by atoms with E-state index in [4.69, 9.17) is 4.74 Å². The molecule has 0 atom stereocenters. The molecule has 7 heteroatoms. The summed E-state index contributed by atoms with van der Waals surface area (Å²) in [5.74, 6) is -0.0792. The molecule has 0 aliphatic rings. The molecule has 0 unspecified atom stereocenters. The maximum atomic E-state index is 12.7. The van der Waals surface area contributed by atoms with Gasteiger partial charge in [0.2, 0.25) is 0 Å². The Bertz CT molecular complexity index is 671. The van der Waals surface area contributed by atoms with Crippen LogP contribution in [0.3, 0.4) is 0 Å². The van der Waals surface area contributed by atoms with Crippen LogP contribution >= 0.6 is 0 Å². The van der Waals surface area contributed by atoms with Gasteiger partial charge in [-0.05, 0) is 35.9 Å². The van der Waals surface area contributed by atoms with Crippen LogP contribution in [0.25, 0.3) is 0 Å². The van der Waals surface area contributed by atoms with Crippen LogP contribution < -0.4 is 34.3 Å². The van der Waals surface area contributed by atoms with E-state index < -0.39 is 10.1 Å². The predicted molar refractivity (Wildman–Crippen MR) is 65.1 cm³/mol. The van der Waals surface area contributed by atoms with Gasteiger partial charge in [0.05, 0.1) is 4.90 Å². The number of hydrogen-bond acceptors (Lipinski definition) is 4. The Morgan fingerprint density at radius 1 is 1.10 bits per heavy atom. The van der Waals surface area contributed by atoms with Gasteiger partial charge in [-0.25, -0.2) is 12.8 Å². The summed E-state index contributed by atoms with van der Waals surface area (Å²) in [7, 11) is -4.49. The van der Waals surface area contributed by atoms with Crippen molar-refractivity contribution in [2.75, 3.05) is 0 Å². The molecule has 0 radical (unpaired) electrons. The standard InChI is InChI=1S/C13H11FO4S.Na/c14-11-6-4-10(5-7-11)9-18-12-2-1-3-13(8-12)19(15,16)17;/h1-8H,9H2,(H,15,16,17);/q;+1/p-1. The first-order valence-corrected chi connectivity index (χ1v) is 6.79. The van der Waals surface area contributed by atoms with Gasteiger partial charge >= 0.3 is 29.6 Å². The number of ether oxygens (including phenoxy) is 1. The minimum Gasteiger partial charge on any atom is -0.744 e. The van der Waals surface area contributed by atoms with Crippen molar-refractivity contribution >= 4 is 10.1 Å². The molecular formula is C13H10FNaO4S. The van der Waals surface area contributed by atoms with Crippen molar-refractivity contribution in [2.45, 2.75) is 11.5 Å². The molecule has 2 aromatic carbocycles. The molecule has 0 N–H and O–H groups in total. The van der Waals surface area contributed by atoms with E-state index in [1.54, 1.807) is 12.1 Å². The van der Waals surface area contributed by atoms with Crippen LogP contribution in [0.4, 0.5) is 4.39 Å². The molecule has 0 aromatic heterocycles. The maximum Gasteiger partial charge on any atom is 1.00 e. The summed E-state index contributed by atoms with van der Waals surface area (Å²) < 4.78 is 50.6. The third-order valence-corrected chi connectivity index (χ3v) is 3.24. The van der Waals surface area contributed by atoms with Crippen LogP contribution in [0.2, 0.25) is 0 Å². The molecule has 2 aromatic rings. The van der Waals surface area contributed by atoms with Crippen LogP contribution in [0.5, 0.6) is 5.75 Å². The Labute approximate surface area is 138 Å². The first kappa shape index (κ1) is 17.1. The van der Waals surface area contributed by atoms with E-state index in [2.05, 4.69) is 0 Å². The van der Waals surface area contributed by atoms with Gasteiger partial charge < -0.3 is 9.29 Å². The number of halogens is 1. The second-order valence-electron chi connectivity index (χ2n) is 3.84. The predicted octanol–water partition coefficient (Wildman–Crippen LogP) is -0.687. The molecular weight excluding hydrogens is 294 g/mol. The van der Waals surface area contributed by atoms with Crippen LogP contribution in [0, 0.1) is 5.82 Å². The van der Waals surface area contributed by atoms with Crippen molar-refractivity contribution in [3.63, 3.8) is 0 Å². The molecule has 0 heterocycles. The van der Waals surface area contributed by atoms with Crippen molar-refractivity contribution in [2.24, 2.45) is 0 Å². The van der Waals surface area contributed by atoms with Gasteiger partial charge in [-0.15, -0.1) is 0 Å². The number of rotatable bonds is 4. The number of benzene rings is 2. The summed E-state index contributed by atoms with van der Waals surface area (Å²) in [6.45, 7) is 0.155. The summed E-state index contributed by atoms with van der Waals surface area (Å²) in [6.07, 6.45) is 0. The molecule has 4 nitrogen and oxygen atoms in total. The molecule has 0 fully saturated rings. The van der Waals surface area contributed by atoms with Gasteiger partial charge in [-0.2, -0.15) is 0 Å². The van der Waals surface area contributed by atoms with E-state index in [0.717, 1.165) is 11.6 Å². The van der Waals surface area contributed by atoms with Crippen LogP contribution in [-0.2, 0) is 16.7 Å². The molecule has 0 bridgehead atoms. The zero-order valence-corrected chi connectivity index (χ0v) is 13.6. The third kappa shape index (κ3) is 4.88. The average Bonchev–Trinajstić information content (AvgIpc) is 2.37. The second kappa shape index (κ2) is 7.19. The van der Waals surface area contributed by atoms with E-state index >= 15 is 0 Å². The van der Waals surface area contributed by atoms with E-state index in [-0.39, 0.29) is 52.6 Å². The van der Waals surface area contributed by atoms with Gasteiger partial charge in [0.15, 0.2) is 0 Å².